The van der Waals surface area contributed by atoms with Gasteiger partial charge in [-0.05, 0) is 51.7 Å². The van der Waals surface area contributed by atoms with Crippen molar-refractivity contribution < 1.29 is 0 Å². The summed E-state index contributed by atoms with van der Waals surface area (Å²) in [5.74, 6) is 1.02. The first-order valence-corrected chi connectivity index (χ1v) is 7.20. The minimum absolute atomic E-state index is 0.576. The van der Waals surface area contributed by atoms with Gasteiger partial charge in [-0.1, -0.05) is 11.6 Å². The fourth-order valence-electron chi connectivity index (χ4n) is 2.56. The van der Waals surface area contributed by atoms with Gasteiger partial charge >= 0.3 is 0 Å². The molecule has 0 aromatic carbocycles. The molecular formula is C14H23ClN4. The number of nitrogens with one attached hydrogen (secondary N) is 1. The van der Waals surface area contributed by atoms with E-state index >= 15 is 0 Å². The SMILES string of the molecule is CNCc1cc(N(C)C2CCN(C)CC2)ncc1Cl. The van der Waals surface area contributed by atoms with Crippen LogP contribution < -0.4 is 10.2 Å². The molecule has 1 aromatic heterocycles. The van der Waals surface area contributed by atoms with Gasteiger partial charge < -0.3 is 15.1 Å². The molecule has 0 aliphatic carbocycles. The molecule has 1 fully saturated rings. The highest BCUT2D eigenvalue weighted by Gasteiger charge is 2.21. The van der Waals surface area contributed by atoms with Gasteiger partial charge in [-0.3, -0.25) is 0 Å². The highest BCUT2D eigenvalue weighted by Crippen LogP contribution is 2.24. The van der Waals surface area contributed by atoms with Crippen LogP contribution in [0.25, 0.3) is 0 Å². The number of anilines is 1. The van der Waals surface area contributed by atoms with Crippen molar-refractivity contribution in [2.24, 2.45) is 0 Å². The maximum absolute atomic E-state index is 6.16. The van der Waals surface area contributed by atoms with Crippen LogP contribution in [0.4, 0.5) is 5.82 Å². The van der Waals surface area contributed by atoms with Crippen LogP contribution >= 0.6 is 11.6 Å². The Morgan fingerprint density at radius 1 is 1.47 bits per heavy atom. The summed E-state index contributed by atoms with van der Waals surface area (Å²) in [6.07, 6.45) is 4.15. The molecule has 1 N–H and O–H groups in total. The maximum Gasteiger partial charge on any atom is 0.128 e. The Bertz CT molecular complexity index is 416. The number of rotatable bonds is 4. The molecule has 0 atom stereocenters. The quantitative estimate of drug-likeness (QED) is 0.915. The van der Waals surface area contributed by atoms with Crippen molar-refractivity contribution in [1.29, 1.82) is 0 Å². The van der Waals surface area contributed by atoms with E-state index in [0.717, 1.165) is 36.0 Å². The van der Waals surface area contributed by atoms with Crippen molar-refractivity contribution in [2.75, 3.05) is 39.1 Å². The van der Waals surface area contributed by atoms with Gasteiger partial charge in [-0.15, -0.1) is 0 Å². The van der Waals surface area contributed by atoms with Crippen molar-refractivity contribution in [3.63, 3.8) is 0 Å². The van der Waals surface area contributed by atoms with Gasteiger partial charge in [0.1, 0.15) is 5.82 Å². The smallest absolute Gasteiger partial charge is 0.128 e. The fraction of sp³-hybridized carbons (Fsp3) is 0.643. The molecule has 1 saturated heterocycles. The Labute approximate surface area is 120 Å². The molecular weight excluding hydrogens is 260 g/mol. The first-order chi connectivity index (χ1) is 9.11. The lowest BCUT2D eigenvalue weighted by Gasteiger charge is -2.35. The third-order valence-electron chi connectivity index (χ3n) is 3.88. The molecule has 1 aliphatic rings. The van der Waals surface area contributed by atoms with Crippen LogP contribution in [0.5, 0.6) is 0 Å². The first-order valence-electron chi connectivity index (χ1n) is 6.82. The largest absolute Gasteiger partial charge is 0.357 e. The molecule has 0 radical (unpaired) electrons. The molecule has 1 aliphatic heterocycles. The number of piperidine rings is 1. The lowest BCUT2D eigenvalue weighted by molar-refractivity contribution is 0.252. The van der Waals surface area contributed by atoms with E-state index in [1.807, 2.05) is 7.05 Å². The van der Waals surface area contributed by atoms with E-state index in [2.05, 4.69) is 40.3 Å². The number of aromatic nitrogens is 1. The van der Waals surface area contributed by atoms with Crippen LogP contribution in [0.1, 0.15) is 18.4 Å². The number of pyridine rings is 1. The second kappa shape index (κ2) is 6.55. The lowest BCUT2D eigenvalue weighted by atomic mass is 10.0. The van der Waals surface area contributed by atoms with Gasteiger partial charge in [-0.2, -0.15) is 0 Å². The normalized spacial score (nSPS) is 17.7. The monoisotopic (exact) mass is 282 g/mol. The molecule has 0 amide bonds. The van der Waals surface area contributed by atoms with Crippen molar-refractivity contribution >= 4 is 17.4 Å². The minimum atomic E-state index is 0.576. The van der Waals surface area contributed by atoms with E-state index in [-0.39, 0.29) is 0 Å². The first kappa shape index (κ1) is 14.6. The van der Waals surface area contributed by atoms with Gasteiger partial charge in [-0.25, -0.2) is 4.98 Å². The summed E-state index contributed by atoms with van der Waals surface area (Å²) >= 11 is 6.16. The van der Waals surface area contributed by atoms with Crippen molar-refractivity contribution in [3.8, 4) is 0 Å². The predicted octanol–water partition coefficient (Wildman–Crippen LogP) is 1.98. The highest BCUT2D eigenvalue weighted by atomic mass is 35.5. The summed E-state index contributed by atoms with van der Waals surface area (Å²) in [5, 5.41) is 3.87. The highest BCUT2D eigenvalue weighted by molar-refractivity contribution is 6.31. The van der Waals surface area contributed by atoms with E-state index in [1.165, 1.54) is 12.8 Å². The Morgan fingerprint density at radius 3 is 2.79 bits per heavy atom. The molecule has 2 rings (SSSR count). The number of hydrogen-bond acceptors (Lipinski definition) is 4. The zero-order valence-electron chi connectivity index (χ0n) is 12.0. The second-order valence-electron chi connectivity index (χ2n) is 5.31. The van der Waals surface area contributed by atoms with Gasteiger partial charge in [0.05, 0.1) is 5.02 Å². The molecule has 1 aromatic rings. The number of hydrogen-bond donors (Lipinski definition) is 1. The van der Waals surface area contributed by atoms with Crippen molar-refractivity contribution in [2.45, 2.75) is 25.4 Å². The van der Waals surface area contributed by atoms with Crippen LogP contribution in [0.3, 0.4) is 0 Å². The molecule has 0 unspecified atom stereocenters. The van der Waals surface area contributed by atoms with Gasteiger partial charge in [0, 0.05) is 25.8 Å². The summed E-state index contributed by atoms with van der Waals surface area (Å²) in [5.41, 5.74) is 1.11. The van der Waals surface area contributed by atoms with Gasteiger partial charge in [0.15, 0.2) is 0 Å². The summed E-state index contributed by atoms with van der Waals surface area (Å²) in [6.45, 7) is 3.09. The molecule has 2 heterocycles. The zero-order valence-corrected chi connectivity index (χ0v) is 12.7. The van der Waals surface area contributed by atoms with E-state index in [0.29, 0.717) is 6.04 Å². The Balaban J connectivity index is 2.10. The number of nitrogens with zero attached hydrogens (tertiary/aromatic N) is 3. The molecule has 5 heteroatoms. The van der Waals surface area contributed by atoms with E-state index in [9.17, 15) is 0 Å². The standard InChI is InChI=1S/C14H23ClN4/c1-16-9-11-8-14(17-10-13(11)15)19(3)12-4-6-18(2)7-5-12/h8,10,12,16H,4-7,9H2,1-3H3. The molecule has 19 heavy (non-hydrogen) atoms. The van der Waals surface area contributed by atoms with Gasteiger partial charge in [0.2, 0.25) is 0 Å². The van der Waals surface area contributed by atoms with Crippen molar-refractivity contribution in [3.05, 3.63) is 22.8 Å². The van der Waals surface area contributed by atoms with E-state index in [1.54, 1.807) is 6.20 Å². The van der Waals surface area contributed by atoms with Crippen LogP contribution in [-0.2, 0) is 6.54 Å². The third kappa shape index (κ3) is 3.59. The Morgan fingerprint density at radius 2 is 2.16 bits per heavy atom. The van der Waals surface area contributed by atoms with Crippen LogP contribution in [0, 0.1) is 0 Å². The van der Waals surface area contributed by atoms with Gasteiger partial charge in [0.25, 0.3) is 0 Å². The Hall–Kier alpha value is -0.840. The maximum atomic E-state index is 6.16. The lowest BCUT2D eigenvalue weighted by Crippen LogP contribution is -2.42. The average molecular weight is 283 g/mol. The zero-order chi connectivity index (χ0) is 13.8. The Kier molecular flexibility index (Phi) is 5.02. The van der Waals surface area contributed by atoms with E-state index in [4.69, 9.17) is 11.6 Å². The minimum Gasteiger partial charge on any atom is -0.357 e. The second-order valence-corrected chi connectivity index (χ2v) is 5.72. The molecule has 0 spiro atoms. The van der Waals surface area contributed by atoms with Crippen LogP contribution in [0.2, 0.25) is 5.02 Å². The summed E-state index contributed by atoms with van der Waals surface area (Å²) in [6, 6.07) is 2.67. The number of halogens is 1. The van der Waals surface area contributed by atoms with Crippen LogP contribution in [0.15, 0.2) is 12.3 Å². The van der Waals surface area contributed by atoms with Crippen LogP contribution in [-0.4, -0.2) is 50.2 Å². The molecule has 0 bridgehead atoms. The fourth-order valence-corrected chi connectivity index (χ4v) is 2.73. The number of likely N-dealkylation sites (tertiary alicyclic amines) is 1. The summed E-state index contributed by atoms with van der Waals surface area (Å²) < 4.78 is 0. The van der Waals surface area contributed by atoms with Crippen molar-refractivity contribution in [1.82, 2.24) is 15.2 Å². The average Bonchev–Trinajstić information content (AvgIpc) is 2.41. The topological polar surface area (TPSA) is 31.4 Å². The predicted molar refractivity (Wildman–Crippen MR) is 80.9 cm³/mol. The summed E-state index contributed by atoms with van der Waals surface area (Å²) in [4.78, 5) is 9.14. The third-order valence-corrected chi connectivity index (χ3v) is 4.22. The molecule has 0 saturated carbocycles. The summed E-state index contributed by atoms with van der Waals surface area (Å²) in [7, 11) is 6.24. The molecule has 106 valence electrons. The van der Waals surface area contributed by atoms with E-state index < -0.39 is 0 Å². The molecule has 4 nitrogen and oxygen atoms in total.